The molecule has 1 unspecified atom stereocenters. The highest BCUT2D eigenvalue weighted by atomic mass is 79.9. The van der Waals surface area contributed by atoms with E-state index in [9.17, 15) is 4.79 Å². The van der Waals surface area contributed by atoms with Gasteiger partial charge in [-0.25, -0.2) is 0 Å². The average Bonchev–Trinajstić information content (AvgIpc) is 2.87. The van der Waals surface area contributed by atoms with E-state index in [1.54, 1.807) is 10.9 Å². The van der Waals surface area contributed by atoms with Crippen LogP contribution in [-0.4, -0.2) is 22.2 Å². The van der Waals surface area contributed by atoms with Gasteiger partial charge in [0.25, 0.3) is 0 Å². The van der Waals surface area contributed by atoms with Crippen molar-refractivity contribution in [3.63, 3.8) is 0 Å². The summed E-state index contributed by atoms with van der Waals surface area (Å²) in [7, 11) is 0. The molecule has 3 rings (SSSR count). The van der Waals surface area contributed by atoms with Gasteiger partial charge >= 0.3 is 0 Å². The molecular weight excluding hydrogens is 332 g/mol. The Labute approximate surface area is 132 Å². The van der Waals surface area contributed by atoms with Crippen LogP contribution in [0.5, 0.6) is 5.75 Å². The molecule has 1 aromatic heterocycles. The fourth-order valence-corrected chi connectivity index (χ4v) is 3.17. The third-order valence-electron chi connectivity index (χ3n) is 3.71. The molecule has 1 aliphatic rings. The van der Waals surface area contributed by atoms with Gasteiger partial charge in [-0.1, -0.05) is 25.1 Å². The van der Waals surface area contributed by atoms with E-state index in [1.165, 1.54) is 0 Å². The minimum Gasteiger partial charge on any atom is -0.493 e. The highest BCUT2D eigenvalue weighted by Crippen LogP contribution is 2.30. The second-order valence-corrected chi connectivity index (χ2v) is 6.10. The number of aromatic nitrogens is 2. The number of ketones is 1. The second-order valence-electron chi connectivity index (χ2n) is 5.25. The Morgan fingerprint density at radius 2 is 2.29 bits per heavy atom. The number of carbonyl (C=O) groups excluding carboxylic acids is 1. The number of fused-ring (bicyclic) bond motifs is 1. The minimum atomic E-state index is -0.150. The third kappa shape index (κ3) is 2.75. The number of Topliss-reactive ketones (excluding diaryl/α,β-unsaturated/α-hetero) is 1. The van der Waals surface area contributed by atoms with E-state index in [0.717, 1.165) is 35.2 Å². The number of ether oxygens (including phenoxy) is 1. The lowest BCUT2D eigenvalue weighted by Gasteiger charge is -2.24. The van der Waals surface area contributed by atoms with E-state index in [1.807, 2.05) is 24.3 Å². The molecule has 4 nitrogen and oxygen atoms in total. The molecule has 5 heteroatoms. The predicted molar refractivity (Wildman–Crippen MR) is 83.7 cm³/mol. The first kappa shape index (κ1) is 14.3. The van der Waals surface area contributed by atoms with Crippen LogP contribution in [0.4, 0.5) is 0 Å². The number of halogens is 1. The first-order chi connectivity index (χ1) is 10.2. The zero-order chi connectivity index (χ0) is 14.8. The molecule has 0 fully saturated rings. The van der Waals surface area contributed by atoms with Gasteiger partial charge in [-0.05, 0) is 40.4 Å². The Hall–Kier alpha value is -1.62. The van der Waals surface area contributed by atoms with Crippen LogP contribution in [0.15, 0.2) is 34.9 Å². The van der Waals surface area contributed by atoms with Crippen molar-refractivity contribution in [3.8, 4) is 5.75 Å². The molecule has 0 saturated heterocycles. The van der Waals surface area contributed by atoms with Crippen LogP contribution in [0.1, 0.15) is 29.4 Å². The summed E-state index contributed by atoms with van der Waals surface area (Å²) in [5.74, 6) is 0.841. The molecule has 1 aromatic carbocycles. The zero-order valence-electron chi connectivity index (χ0n) is 11.9. The summed E-state index contributed by atoms with van der Waals surface area (Å²) >= 11 is 3.44. The molecule has 110 valence electrons. The maximum Gasteiger partial charge on any atom is 0.188 e. The van der Waals surface area contributed by atoms with Gasteiger partial charge in [0.1, 0.15) is 11.4 Å². The van der Waals surface area contributed by atoms with Crippen molar-refractivity contribution < 1.29 is 9.53 Å². The van der Waals surface area contributed by atoms with Gasteiger partial charge in [-0.2, -0.15) is 5.10 Å². The summed E-state index contributed by atoms with van der Waals surface area (Å²) in [5, 5.41) is 4.27. The number of hydrogen-bond acceptors (Lipinski definition) is 3. The Bertz CT molecular complexity index is 666. The summed E-state index contributed by atoms with van der Waals surface area (Å²) in [6.45, 7) is 3.25. The van der Waals surface area contributed by atoms with Crippen molar-refractivity contribution in [1.29, 1.82) is 0 Å². The van der Waals surface area contributed by atoms with E-state index in [-0.39, 0.29) is 11.7 Å². The first-order valence-electron chi connectivity index (χ1n) is 7.17. The highest BCUT2D eigenvalue weighted by molar-refractivity contribution is 9.10. The SMILES string of the molecule is CCCn1ncc(Br)c1C(=O)C1COc2ccccc2C1. The fourth-order valence-electron chi connectivity index (χ4n) is 2.68. The summed E-state index contributed by atoms with van der Waals surface area (Å²) in [6.07, 6.45) is 3.36. The Balaban J connectivity index is 1.85. The van der Waals surface area contributed by atoms with E-state index < -0.39 is 0 Å². The number of aryl methyl sites for hydroxylation is 1. The topological polar surface area (TPSA) is 44.1 Å². The van der Waals surface area contributed by atoms with Crippen molar-refractivity contribution in [2.45, 2.75) is 26.3 Å². The van der Waals surface area contributed by atoms with Gasteiger partial charge < -0.3 is 4.74 Å². The highest BCUT2D eigenvalue weighted by Gasteiger charge is 2.30. The van der Waals surface area contributed by atoms with Crippen LogP contribution in [0.3, 0.4) is 0 Å². The summed E-state index contributed by atoms with van der Waals surface area (Å²) in [4.78, 5) is 12.8. The molecule has 0 saturated carbocycles. The number of carbonyl (C=O) groups is 1. The van der Waals surface area contributed by atoms with E-state index >= 15 is 0 Å². The van der Waals surface area contributed by atoms with E-state index in [2.05, 4.69) is 28.0 Å². The number of hydrogen-bond donors (Lipinski definition) is 0. The van der Waals surface area contributed by atoms with Crippen LogP contribution >= 0.6 is 15.9 Å². The molecule has 2 aromatic rings. The quantitative estimate of drug-likeness (QED) is 0.794. The second kappa shape index (κ2) is 6.02. The number of para-hydroxylation sites is 1. The van der Waals surface area contributed by atoms with Crippen molar-refractivity contribution in [2.75, 3.05) is 6.61 Å². The molecule has 0 spiro atoms. The van der Waals surface area contributed by atoms with Crippen LogP contribution in [-0.2, 0) is 13.0 Å². The Kier molecular flexibility index (Phi) is 4.10. The molecule has 2 heterocycles. The molecular formula is C16H17BrN2O2. The standard InChI is InChI=1S/C16H17BrN2O2/c1-2-7-19-15(13(17)9-18-19)16(20)12-8-11-5-3-4-6-14(11)21-10-12/h3-6,9,12H,2,7-8,10H2,1H3. The van der Waals surface area contributed by atoms with Crippen molar-refractivity contribution >= 4 is 21.7 Å². The largest absolute Gasteiger partial charge is 0.493 e. The number of rotatable bonds is 4. The number of benzene rings is 1. The molecule has 0 N–H and O–H groups in total. The lowest BCUT2D eigenvalue weighted by Crippen LogP contribution is -2.30. The van der Waals surface area contributed by atoms with Crippen LogP contribution < -0.4 is 4.74 Å². The third-order valence-corrected chi connectivity index (χ3v) is 4.29. The van der Waals surface area contributed by atoms with Crippen LogP contribution in [0.25, 0.3) is 0 Å². The van der Waals surface area contributed by atoms with E-state index in [4.69, 9.17) is 4.74 Å². The summed E-state index contributed by atoms with van der Waals surface area (Å²) in [6, 6.07) is 7.90. The Morgan fingerprint density at radius 1 is 1.48 bits per heavy atom. The van der Waals surface area contributed by atoms with Crippen molar-refractivity contribution in [3.05, 3.63) is 46.2 Å². The van der Waals surface area contributed by atoms with Gasteiger partial charge in [0.2, 0.25) is 0 Å². The molecule has 21 heavy (non-hydrogen) atoms. The van der Waals surface area contributed by atoms with E-state index in [0.29, 0.717) is 12.3 Å². The smallest absolute Gasteiger partial charge is 0.188 e. The molecule has 1 aliphatic heterocycles. The molecule has 0 amide bonds. The summed E-state index contributed by atoms with van der Waals surface area (Å²) in [5.41, 5.74) is 1.75. The molecule has 0 bridgehead atoms. The zero-order valence-corrected chi connectivity index (χ0v) is 13.5. The minimum absolute atomic E-state index is 0.0994. The van der Waals surface area contributed by atoms with Gasteiger partial charge in [-0.3, -0.25) is 9.48 Å². The lowest BCUT2D eigenvalue weighted by molar-refractivity contribution is 0.0842. The van der Waals surface area contributed by atoms with Crippen molar-refractivity contribution in [1.82, 2.24) is 9.78 Å². The fraction of sp³-hybridized carbons (Fsp3) is 0.375. The van der Waals surface area contributed by atoms with Gasteiger partial charge in [0, 0.05) is 6.54 Å². The average molecular weight is 349 g/mol. The Morgan fingerprint density at radius 3 is 3.10 bits per heavy atom. The first-order valence-corrected chi connectivity index (χ1v) is 7.96. The lowest BCUT2D eigenvalue weighted by atomic mass is 9.92. The van der Waals surface area contributed by atoms with Crippen molar-refractivity contribution in [2.24, 2.45) is 5.92 Å². The summed E-state index contributed by atoms with van der Waals surface area (Å²) < 4.78 is 8.28. The molecule has 1 atom stereocenters. The monoisotopic (exact) mass is 348 g/mol. The predicted octanol–water partition coefficient (Wildman–Crippen LogP) is 3.49. The molecule has 0 radical (unpaired) electrons. The van der Waals surface area contributed by atoms with Gasteiger partial charge in [0.15, 0.2) is 5.78 Å². The van der Waals surface area contributed by atoms with Crippen LogP contribution in [0.2, 0.25) is 0 Å². The maximum atomic E-state index is 12.8. The van der Waals surface area contributed by atoms with Crippen LogP contribution in [0, 0.1) is 5.92 Å². The normalized spacial score (nSPS) is 17.1. The van der Waals surface area contributed by atoms with Gasteiger partial charge in [0.05, 0.1) is 23.2 Å². The number of nitrogens with zero attached hydrogens (tertiary/aromatic N) is 2. The maximum absolute atomic E-state index is 12.8. The van der Waals surface area contributed by atoms with Gasteiger partial charge in [-0.15, -0.1) is 0 Å². The molecule has 0 aliphatic carbocycles.